The maximum Gasteiger partial charge on any atom is 0.309 e. The van der Waals surface area contributed by atoms with Gasteiger partial charge in [-0.3, -0.25) is 9.59 Å². The van der Waals surface area contributed by atoms with Crippen LogP contribution in [-0.4, -0.2) is 24.9 Å². The Morgan fingerprint density at radius 1 is 1.00 bits per heavy atom. The van der Waals surface area contributed by atoms with Gasteiger partial charge in [-0.05, 0) is 12.1 Å². The molecule has 5 heteroatoms. The van der Waals surface area contributed by atoms with Crippen LogP contribution in [0.25, 0.3) is 0 Å². The third-order valence-corrected chi connectivity index (χ3v) is 1.33. The van der Waals surface area contributed by atoms with Crippen molar-refractivity contribution in [1.29, 1.82) is 0 Å². The Labute approximate surface area is 75.1 Å². The van der Waals surface area contributed by atoms with E-state index < -0.39 is 11.8 Å². The first kappa shape index (κ1) is 9.31. The summed E-state index contributed by atoms with van der Waals surface area (Å²) in [6, 6.07) is 3.67. The normalized spacial score (nSPS) is 15.1. The van der Waals surface area contributed by atoms with E-state index in [1.165, 1.54) is 0 Å². The molecular formula is C8H10N2O3. The fourth-order valence-electron chi connectivity index (χ4n) is 0.739. The summed E-state index contributed by atoms with van der Waals surface area (Å²) in [7, 11) is 0. The number of carbonyl (C=O) groups excluding carboxylic acids is 2. The largest absolute Gasteiger partial charge is 0.473 e. The number of hydrogen-bond acceptors (Lipinski definition) is 3. The van der Waals surface area contributed by atoms with Gasteiger partial charge in [-0.15, -0.1) is 0 Å². The molecule has 0 radical (unpaired) electrons. The smallest absolute Gasteiger partial charge is 0.309 e. The summed E-state index contributed by atoms with van der Waals surface area (Å²) in [5.41, 5.74) is 0. The van der Waals surface area contributed by atoms with Gasteiger partial charge in [0.05, 0.1) is 12.5 Å². The molecule has 1 saturated heterocycles. The van der Waals surface area contributed by atoms with E-state index in [4.69, 9.17) is 0 Å². The molecule has 0 unspecified atom stereocenters. The second-order valence-electron chi connectivity index (χ2n) is 2.30. The van der Waals surface area contributed by atoms with Crippen molar-refractivity contribution >= 4 is 11.8 Å². The van der Waals surface area contributed by atoms with Gasteiger partial charge >= 0.3 is 11.8 Å². The van der Waals surface area contributed by atoms with Crippen molar-refractivity contribution in [2.24, 2.45) is 0 Å². The molecule has 0 aliphatic carbocycles. The summed E-state index contributed by atoms with van der Waals surface area (Å²) in [6.45, 7) is 1.09. The van der Waals surface area contributed by atoms with E-state index in [9.17, 15) is 9.59 Å². The van der Waals surface area contributed by atoms with Crippen molar-refractivity contribution in [2.45, 2.75) is 0 Å². The monoisotopic (exact) mass is 182 g/mol. The van der Waals surface area contributed by atoms with Crippen LogP contribution in [0, 0.1) is 0 Å². The summed E-state index contributed by atoms with van der Waals surface area (Å²) >= 11 is 0. The summed E-state index contributed by atoms with van der Waals surface area (Å²) < 4.78 is 4.58. The minimum Gasteiger partial charge on any atom is -0.473 e. The molecule has 0 bridgehead atoms. The molecular weight excluding hydrogens is 172 g/mol. The molecule has 2 heterocycles. The molecule has 13 heavy (non-hydrogen) atoms. The third-order valence-electron chi connectivity index (χ3n) is 1.33. The predicted molar refractivity (Wildman–Crippen MR) is 44.7 cm³/mol. The van der Waals surface area contributed by atoms with Crippen LogP contribution in [-0.2, 0) is 9.59 Å². The van der Waals surface area contributed by atoms with E-state index in [2.05, 4.69) is 15.1 Å². The second kappa shape index (κ2) is 4.97. The summed E-state index contributed by atoms with van der Waals surface area (Å²) in [6.07, 6.45) is 3.25. The molecule has 0 atom stereocenters. The van der Waals surface area contributed by atoms with Gasteiger partial charge in [0.15, 0.2) is 0 Å². The zero-order chi connectivity index (χ0) is 9.52. The lowest BCUT2D eigenvalue weighted by Gasteiger charge is -2.10. The maximum absolute atomic E-state index is 10.3. The van der Waals surface area contributed by atoms with E-state index in [1.54, 1.807) is 12.5 Å². The molecule has 5 nitrogen and oxygen atoms in total. The molecule has 0 spiro atoms. The number of carbonyl (C=O) groups is 2. The third kappa shape index (κ3) is 3.42. The van der Waals surface area contributed by atoms with E-state index in [1.807, 2.05) is 12.1 Å². The van der Waals surface area contributed by atoms with Gasteiger partial charge in [-0.2, -0.15) is 0 Å². The molecule has 2 rings (SSSR count). The lowest BCUT2D eigenvalue weighted by Crippen LogP contribution is -2.49. The standard InChI is InChI=1S/C4H6N2O2.C4H4O/c7-3-4(8)6-2-1-5-3;1-2-4-5-3-1/h1-2H2,(H,5,7)(H,6,8);1-4H. The Bertz CT molecular complexity index is 236. The van der Waals surface area contributed by atoms with Crippen LogP contribution in [0.1, 0.15) is 0 Å². The molecule has 1 aromatic rings. The Morgan fingerprint density at radius 2 is 1.46 bits per heavy atom. The van der Waals surface area contributed by atoms with Crippen LogP contribution in [0.15, 0.2) is 29.1 Å². The highest BCUT2D eigenvalue weighted by molar-refractivity contribution is 6.35. The zero-order valence-electron chi connectivity index (χ0n) is 6.95. The number of rotatable bonds is 0. The first-order chi connectivity index (χ1) is 6.30. The first-order valence-electron chi connectivity index (χ1n) is 3.84. The second-order valence-corrected chi connectivity index (χ2v) is 2.30. The van der Waals surface area contributed by atoms with Crippen LogP contribution in [0.2, 0.25) is 0 Å². The van der Waals surface area contributed by atoms with E-state index in [-0.39, 0.29) is 0 Å². The van der Waals surface area contributed by atoms with Gasteiger partial charge in [-0.1, -0.05) is 0 Å². The number of hydrogen-bond donors (Lipinski definition) is 2. The quantitative estimate of drug-likeness (QED) is 0.532. The molecule has 1 fully saturated rings. The van der Waals surface area contributed by atoms with Crippen molar-refractivity contribution < 1.29 is 14.0 Å². The average molecular weight is 182 g/mol. The van der Waals surface area contributed by atoms with Gasteiger partial charge in [0.2, 0.25) is 0 Å². The average Bonchev–Trinajstić information content (AvgIpc) is 2.68. The van der Waals surface area contributed by atoms with Gasteiger partial charge < -0.3 is 15.1 Å². The molecule has 2 amide bonds. The predicted octanol–water partition coefficient (Wildman–Crippen LogP) is -0.488. The van der Waals surface area contributed by atoms with Crippen LogP contribution >= 0.6 is 0 Å². The maximum atomic E-state index is 10.3. The van der Waals surface area contributed by atoms with Crippen LogP contribution in [0.3, 0.4) is 0 Å². The van der Waals surface area contributed by atoms with Crippen molar-refractivity contribution in [3.63, 3.8) is 0 Å². The Balaban J connectivity index is 0.000000145. The van der Waals surface area contributed by atoms with Gasteiger partial charge in [0.1, 0.15) is 0 Å². The number of nitrogens with one attached hydrogen (secondary N) is 2. The van der Waals surface area contributed by atoms with Crippen molar-refractivity contribution in [3.8, 4) is 0 Å². The van der Waals surface area contributed by atoms with Crippen LogP contribution < -0.4 is 10.6 Å². The van der Waals surface area contributed by atoms with Crippen LogP contribution in [0.5, 0.6) is 0 Å². The Kier molecular flexibility index (Phi) is 3.56. The highest BCUT2D eigenvalue weighted by atomic mass is 16.3. The number of amides is 2. The number of piperazine rings is 1. The van der Waals surface area contributed by atoms with Crippen LogP contribution in [0.4, 0.5) is 0 Å². The van der Waals surface area contributed by atoms with Crippen molar-refractivity contribution in [1.82, 2.24) is 10.6 Å². The van der Waals surface area contributed by atoms with E-state index in [0.717, 1.165) is 0 Å². The first-order valence-corrected chi connectivity index (χ1v) is 3.84. The Morgan fingerprint density at radius 3 is 1.69 bits per heavy atom. The highest BCUT2D eigenvalue weighted by Gasteiger charge is 2.15. The topological polar surface area (TPSA) is 71.3 Å². The fourth-order valence-corrected chi connectivity index (χ4v) is 0.739. The highest BCUT2D eigenvalue weighted by Crippen LogP contribution is 1.79. The summed E-state index contributed by atoms with van der Waals surface area (Å²) in [4.78, 5) is 20.5. The summed E-state index contributed by atoms with van der Waals surface area (Å²) in [5.74, 6) is -1.06. The minimum absolute atomic E-state index is 0.531. The fraction of sp³-hybridized carbons (Fsp3) is 0.250. The minimum atomic E-state index is -0.531. The summed E-state index contributed by atoms with van der Waals surface area (Å²) in [5, 5.41) is 4.76. The molecule has 2 N–H and O–H groups in total. The lowest BCUT2D eigenvalue weighted by atomic mass is 10.4. The molecule has 0 aromatic carbocycles. The van der Waals surface area contributed by atoms with E-state index in [0.29, 0.717) is 13.1 Å². The molecule has 1 aliphatic heterocycles. The van der Waals surface area contributed by atoms with Gasteiger partial charge in [0.25, 0.3) is 0 Å². The van der Waals surface area contributed by atoms with Crippen molar-refractivity contribution in [3.05, 3.63) is 24.7 Å². The van der Waals surface area contributed by atoms with Gasteiger partial charge in [0, 0.05) is 13.1 Å². The van der Waals surface area contributed by atoms with E-state index >= 15 is 0 Å². The molecule has 1 aliphatic rings. The van der Waals surface area contributed by atoms with Gasteiger partial charge in [-0.25, -0.2) is 0 Å². The lowest BCUT2D eigenvalue weighted by molar-refractivity contribution is -0.140. The molecule has 1 aromatic heterocycles. The molecule has 70 valence electrons. The number of furan rings is 1. The zero-order valence-corrected chi connectivity index (χ0v) is 6.95. The Hall–Kier alpha value is -1.78. The van der Waals surface area contributed by atoms with Crippen molar-refractivity contribution in [2.75, 3.05) is 13.1 Å². The molecule has 0 saturated carbocycles. The SMILES string of the molecule is O=C1NCCNC1=O.c1ccoc1.